The van der Waals surface area contributed by atoms with Crippen LogP contribution in [-0.2, 0) is 4.79 Å². The first-order chi connectivity index (χ1) is 5.52. The molecule has 0 aromatic heterocycles. The Kier molecular flexibility index (Phi) is 2.57. The summed E-state index contributed by atoms with van der Waals surface area (Å²) in [4.78, 5) is 12.6. The molecule has 1 aliphatic heterocycles. The first kappa shape index (κ1) is 9.32. The van der Waals surface area contributed by atoms with Gasteiger partial charge in [0.05, 0.1) is 6.04 Å². The van der Waals surface area contributed by atoms with Gasteiger partial charge in [0, 0.05) is 12.1 Å². The average Bonchev–Trinajstić information content (AvgIpc) is 2.30. The number of likely N-dealkylation sites (tertiary alicyclic amines) is 1. The summed E-state index contributed by atoms with van der Waals surface area (Å²) in [5.74, 6) is -0.0475. The Labute approximate surface area is 69.9 Å². The smallest absolute Gasteiger partial charge is 0.270 e. The molecule has 4 heteroatoms. The number of hydrogen-bond donors (Lipinski definition) is 0. The van der Waals surface area contributed by atoms with Crippen molar-refractivity contribution in [2.45, 2.75) is 19.4 Å². The molecule has 1 aliphatic rings. The van der Waals surface area contributed by atoms with E-state index in [1.54, 1.807) is 11.9 Å². The van der Waals surface area contributed by atoms with Crippen LogP contribution in [0.15, 0.2) is 11.7 Å². The highest BCUT2D eigenvalue weighted by molar-refractivity contribution is 5.82. The minimum Gasteiger partial charge on any atom is -0.298 e. The molecule has 0 aromatic rings. The van der Waals surface area contributed by atoms with Crippen LogP contribution < -0.4 is 0 Å². The van der Waals surface area contributed by atoms with E-state index >= 15 is 0 Å². The maximum absolute atomic E-state index is 12.1. The summed E-state index contributed by atoms with van der Waals surface area (Å²) < 4.78 is 24.2. The molecular weight excluding hydrogens is 164 g/mol. The van der Waals surface area contributed by atoms with E-state index in [-0.39, 0.29) is 30.4 Å². The lowest BCUT2D eigenvalue weighted by Crippen LogP contribution is -2.30. The van der Waals surface area contributed by atoms with E-state index in [2.05, 4.69) is 0 Å². The molecule has 2 nitrogen and oxygen atoms in total. The standard InChI is InChI=1S/C8H11F2NO/c1-5(12)7-3-6(8(9)10)4-11(7)2/h7H,3-4H2,1-2H3. The molecular formula is C8H11F2NO. The molecule has 1 heterocycles. The van der Waals surface area contributed by atoms with Crippen molar-refractivity contribution < 1.29 is 13.6 Å². The molecule has 0 aliphatic carbocycles. The Bertz CT molecular complexity index is 233. The van der Waals surface area contributed by atoms with Gasteiger partial charge >= 0.3 is 0 Å². The van der Waals surface area contributed by atoms with Gasteiger partial charge < -0.3 is 0 Å². The first-order valence-electron chi connectivity index (χ1n) is 3.76. The van der Waals surface area contributed by atoms with Crippen LogP contribution in [0.5, 0.6) is 0 Å². The van der Waals surface area contributed by atoms with Gasteiger partial charge in [0.15, 0.2) is 0 Å². The Morgan fingerprint density at radius 3 is 2.42 bits per heavy atom. The third kappa shape index (κ3) is 1.69. The number of carbonyl (C=O) groups is 1. The highest BCUT2D eigenvalue weighted by atomic mass is 19.3. The summed E-state index contributed by atoms with van der Waals surface area (Å²) in [7, 11) is 1.68. The summed E-state index contributed by atoms with van der Waals surface area (Å²) in [6.07, 6.45) is -1.45. The zero-order chi connectivity index (χ0) is 9.30. The van der Waals surface area contributed by atoms with Gasteiger partial charge in [-0.15, -0.1) is 0 Å². The second-order valence-electron chi connectivity index (χ2n) is 3.11. The van der Waals surface area contributed by atoms with Crippen LogP contribution in [0.3, 0.4) is 0 Å². The van der Waals surface area contributed by atoms with Crippen LogP contribution in [0.4, 0.5) is 8.78 Å². The van der Waals surface area contributed by atoms with E-state index in [1.165, 1.54) is 6.92 Å². The zero-order valence-electron chi connectivity index (χ0n) is 7.10. The van der Waals surface area contributed by atoms with Gasteiger partial charge in [0.1, 0.15) is 5.78 Å². The van der Waals surface area contributed by atoms with Gasteiger partial charge in [0.25, 0.3) is 6.08 Å². The highest BCUT2D eigenvalue weighted by Crippen LogP contribution is 2.25. The van der Waals surface area contributed by atoms with Crippen LogP contribution in [-0.4, -0.2) is 30.3 Å². The predicted molar refractivity (Wildman–Crippen MR) is 41.0 cm³/mol. The minimum absolute atomic E-state index is 0.0475. The third-order valence-electron chi connectivity index (χ3n) is 2.15. The Morgan fingerprint density at radius 1 is 1.58 bits per heavy atom. The molecule has 1 fully saturated rings. The molecule has 12 heavy (non-hydrogen) atoms. The van der Waals surface area contributed by atoms with Crippen molar-refractivity contribution in [1.82, 2.24) is 4.90 Å². The van der Waals surface area contributed by atoms with Crippen molar-refractivity contribution in [2.24, 2.45) is 0 Å². The fourth-order valence-electron chi connectivity index (χ4n) is 1.46. The lowest BCUT2D eigenvalue weighted by Gasteiger charge is -2.14. The fourth-order valence-corrected chi connectivity index (χ4v) is 1.46. The van der Waals surface area contributed by atoms with E-state index in [4.69, 9.17) is 0 Å². The highest BCUT2D eigenvalue weighted by Gasteiger charge is 2.30. The topological polar surface area (TPSA) is 20.3 Å². The predicted octanol–water partition coefficient (Wildman–Crippen LogP) is 1.43. The van der Waals surface area contributed by atoms with E-state index in [0.29, 0.717) is 0 Å². The summed E-state index contributed by atoms with van der Waals surface area (Å²) in [5, 5.41) is 0. The number of ketones is 1. The number of carbonyl (C=O) groups excluding carboxylic acids is 1. The molecule has 1 rings (SSSR count). The van der Waals surface area contributed by atoms with Gasteiger partial charge in [0.2, 0.25) is 0 Å². The molecule has 0 N–H and O–H groups in total. The number of halogens is 2. The van der Waals surface area contributed by atoms with Crippen molar-refractivity contribution >= 4 is 5.78 Å². The van der Waals surface area contributed by atoms with E-state index in [9.17, 15) is 13.6 Å². The molecule has 0 bridgehead atoms. The number of nitrogens with zero attached hydrogens (tertiary/aromatic N) is 1. The van der Waals surface area contributed by atoms with Crippen molar-refractivity contribution in [3.8, 4) is 0 Å². The van der Waals surface area contributed by atoms with Gasteiger partial charge in [-0.2, -0.15) is 8.78 Å². The molecule has 0 radical (unpaired) electrons. The van der Waals surface area contributed by atoms with Gasteiger partial charge in [-0.3, -0.25) is 9.69 Å². The van der Waals surface area contributed by atoms with Gasteiger partial charge in [-0.05, 0) is 20.4 Å². The number of rotatable bonds is 1. The number of hydrogen-bond acceptors (Lipinski definition) is 2. The maximum atomic E-state index is 12.1. The van der Waals surface area contributed by atoms with Crippen molar-refractivity contribution in [3.63, 3.8) is 0 Å². The molecule has 1 unspecified atom stereocenters. The summed E-state index contributed by atoms with van der Waals surface area (Å²) in [6, 6.07) is -0.346. The maximum Gasteiger partial charge on any atom is 0.270 e. The molecule has 0 aromatic carbocycles. The summed E-state index contributed by atoms with van der Waals surface area (Å²) in [5.41, 5.74) is 0.0951. The SMILES string of the molecule is CC(=O)C1CC(=C(F)F)CN1C. The summed E-state index contributed by atoms with van der Waals surface area (Å²) >= 11 is 0. The van der Waals surface area contributed by atoms with Crippen LogP contribution in [0.25, 0.3) is 0 Å². The van der Waals surface area contributed by atoms with E-state index in [1.807, 2.05) is 0 Å². The monoisotopic (exact) mass is 175 g/mol. The second-order valence-corrected chi connectivity index (χ2v) is 3.11. The third-order valence-corrected chi connectivity index (χ3v) is 2.15. The van der Waals surface area contributed by atoms with Crippen molar-refractivity contribution in [1.29, 1.82) is 0 Å². The normalized spacial score (nSPS) is 24.7. The van der Waals surface area contributed by atoms with Crippen LogP contribution in [0, 0.1) is 0 Å². The van der Waals surface area contributed by atoms with Crippen LogP contribution in [0.2, 0.25) is 0 Å². The fraction of sp³-hybridized carbons (Fsp3) is 0.625. The van der Waals surface area contributed by atoms with Crippen LogP contribution in [0.1, 0.15) is 13.3 Å². The average molecular weight is 175 g/mol. The van der Waals surface area contributed by atoms with Crippen molar-refractivity contribution in [3.05, 3.63) is 11.7 Å². The Balaban J connectivity index is 2.75. The quantitative estimate of drug-likeness (QED) is 0.600. The molecule has 0 amide bonds. The van der Waals surface area contributed by atoms with E-state index in [0.717, 1.165) is 0 Å². The summed E-state index contributed by atoms with van der Waals surface area (Å²) in [6.45, 7) is 1.65. The Hall–Kier alpha value is -0.770. The van der Waals surface area contributed by atoms with Gasteiger partial charge in [-0.1, -0.05) is 0 Å². The molecule has 68 valence electrons. The van der Waals surface area contributed by atoms with Crippen molar-refractivity contribution in [2.75, 3.05) is 13.6 Å². The Morgan fingerprint density at radius 2 is 2.17 bits per heavy atom. The first-order valence-corrected chi connectivity index (χ1v) is 3.76. The molecule has 0 saturated carbocycles. The molecule has 1 saturated heterocycles. The second kappa shape index (κ2) is 3.31. The lowest BCUT2D eigenvalue weighted by atomic mass is 10.1. The van der Waals surface area contributed by atoms with Crippen LogP contribution >= 0.6 is 0 Å². The lowest BCUT2D eigenvalue weighted by molar-refractivity contribution is -0.120. The zero-order valence-corrected chi connectivity index (χ0v) is 7.10. The molecule has 0 spiro atoms. The van der Waals surface area contributed by atoms with Gasteiger partial charge in [-0.25, -0.2) is 0 Å². The minimum atomic E-state index is -1.63. The van der Waals surface area contributed by atoms with E-state index < -0.39 is 6.08 Å². The molecule has 1 atom stereocenters. The largest absolute Gasteiger partial charge is 0.298 e. The number of Topliss-reactive ketones (excluding diaryl/α,β-unsaturated/α-hetero) is 1. The number of likely N-dealkylation sites (N-methyl/N-ethyl adjacent to an activating group) is 1.